The van der Waals surface area contributed by atoms with Crippen molar-refractivity contribution >= 4 is 34.3 Å². The van der Waals surface area contributed by atoms with Crippen LogP contribution in [0.3, 0.4) is 0 Å². The molecule has 2 aromatic carbocycles. The van der Waals surface area contributed by atoms with Gasteiger partial charge in [-0.2, -0.15) is 4.39 Å². The summed E-state index contributed by atoms with van der Waals surface area (Å²) in [6.45, 7) is 0. The number of halogens is 4. The van der Waals surface area contributed by atoms with Crippen LogP contribution >= 0.6 is 11.6 Å². The van der Waals surface area contributed by atoms with Gasteiger partial charge in [0.25, 0.3) is 0 Å². The molecule has 1 N–H and O–H groups in total. The van der Waals surface area contributed by atoms with Crippen LogP contribution in [-0.2, 0) is 0 Å². The maximum absolute atomic E-state index is 14.0. The SMILES string of the molecule is O=C(O)Oc1cn(-c2ccc(F)c([N+](=O)[O-])c2)c2c(Cl)c(F)c(F)cc2c1=O. The van der Waals surface area contributed by atoms with Crippen molar-refractivity contribution < 1.29 is 32.7 Å². The van der Waals surface area contributed by atoms with Crippen LogP contribution in [0.4, 0.5) is 23.7 Å². The Bertz CT molecular complexity index is 1230. The molecule has 0 aliphatic rings. The third-order valence-electron chi connectivity index (χ3n) is 3.69. The number of carbonyl (C=O) groups is 1. The molecule has 28 heavy (non-hydrogen) atoms. The van der Waals surface area contributed by atoms with Gasteiger partial charge in [-0.05, 0) is 18.2 Å². The van der Waals surface area contributed by atoms with Crippen LogP contribution < -0.4 is 10.2 Å². The highest BCUT2D eigenvalue weighted by Crippen LogP contribution is 2.32. The number of carboxylic acid groups (broad SMARTS) is 1. The summed E-state index contributed by atoms with van der Waals surface area (Å²) in [5.74, 6) is -4.98. The number of fused-ring (bicyclic) bond motifs is 1. The number of aromatic nitrogens is 1. The second-order valence-corrected chi connectivity index (χ2v) is 5.71. The number of hydrogen-bond donors (Lipinski definition) is 1. The van der Waals surface area contributed by atoms with Gasteiger partial charge in [-0.1, -0.05) is 11.6 Å². The molecule has 0 saturated carbocycles. The Hall–Kier alpha value is -3.60. The van der Waals surface area contributed by atoms with Crippen LogP contribution in [0.2, 0.25) is 5.02 Å². The van der Waals surface area contributed by atoms with Crippen molar-refractivity contribution in [2.75, 3.05) is 0 Å². The second-order valence-electron chi connectivity index (χ2n) is 5.34. The molecule has 8 nitrogen and oxygen atoms in total. The first kappa shape index (κ1) is 19.2. The van der Waals surface area contributed by atoms with Gasteiger partial charge < -0.3 is 14.4 Å². The lowest BCUT2D eigenvalue weighted by atomic mass is 10.1. The quantitative estimate of drug-likeness (QED) is 0.300. The van der Waals surface area contributed by atoms with Gasteiger partial charge in [0.2, 0.25) is 11.2 Å². The summed E-state index contributed by atoms with van der Waals surface area (Å²) in [5, 5.41) is 18.3. The molecule has 0 atom stereocenters. The second kappa shape index (κ2) is 6.85. The zero-order valence-corrected chi connectivity index (χ0v) is 14.0. The molecule has 3 rings (SSSR count). The fourth-order valence-corrected chi connectivity index (χ4v) is 2.81. The maximum Gasteiger partial charge on any atom is 0.511 e. The van der Waals surface area contributed by atoms with E-state index in [1.54, 1.807) is 0 Å². The number of nitro benzene ring substituents is 1. The molecule has 0 spiro atoms. The molecule has 0 amide bonds. The molecule has 144 valence electrons. The Morgan fingerprint density at radius 2 is 1.89 bits per heavy atom. The zero-order valence-electron chi connectivity index (χ0n) is 13.3. The summed E-state index contributed by atoms with van der Waals surface area (Å²) in [5.41, 5.74) is -2.69. The summed E-state index contributed by atoms with van der Waals surface area (Å²) < 4.78 is 46.5. The molecule has 0 aliphatic carbocycles. The summed E-state index contributed by atoms with van der Waals surface area (Å²) in [4.78, 5) is 33.1. The number of nitro groups is 1. The molecule has 3 aromatic rings. The van der Waals surface area contributed by atoms with Gasteiger partial charge in [0, 0.05) is 6.07 Å². The first-order valence-electron chi connectivity index (χ1n) is 7.19. The minimum Gasteiger partial charge on any atom is -0.449 e. The van der Waals surface area contributed by atoms with Crippen LogP contribution in [-0.4, -0.2) is 20.8 Å². The van der Waals surface area contributed by atoms with E-state index in [2.05, 4.69) is 4.74 Å². The summed E-state index contributed by atoms with van der Waals surface area (Å²) in [6.07, 6.45) is -1.11. The van der Waals surface area contributed by atoms with E-state index in [0.717, 1.165) is 29.0 Å². The van der Waals surface area contributed by atoms with Crippen LogP contribution in [0.5, 0.6) is 5.75 Å². The number of benzene rings is 2. The standard InChI is InChI=1S/C16H6ClF3N2O6/c17-12-13(20)9(19)4-7-14(12)21(5-11(15(7)23)28-16(24)25)6-1-2-8(18)10(3-6)22(26)27/h1-5H,(H,24,25). The third kappa shape index (κ3) is 3.11. The number of nitrogens with zero attached hydrogens (tertiary/aromatic N) is 2. The van der Waals surface area contributed by atoms with E-state index in [-0.39, 0.29) is 5.69 Å². The fraction of sp³-hybridized carbons (Fsp3) is 0. The van der Waals surface area contributed by atoms with Gasteiger partial charge in [0.15, 0.2) is 17.4 Å². The smallest absolute Gasteiger partial charge is 0.449 e. The van der Waals surface area contributed by atoms with Crippen LogP contribution in [0, 0.1) is 27.6 Å². The topological polar surface area (TPSA) is 112 Å². The molecule has 0 bridgehead atoms. The lowest BCUT2D eigenvalue weighted by Gasteiger charge is -2.15. The van der Waals surface area contributed by atoms with Crippen LogP contribution in [0.15, 0.2) is 35.3 Å². The highest BCUT2D eigenvalue weighted by molar-refractivity contribution is 6.35. The summed E-state index contributed by atoms with van der Waals surface area (Å²) in [7, 11) is 0. The van der Waals surface area contributed by atoms with E-state index in [9.17, 15) is 32.9 Å². The van der Waals surface area contributed by atoms with Crippen molar-refractivity contribution in [1.82, 2.24) is 4.57 Å². The predicted octanol–water partition coefficient (Wildman–Crippen LogP) is 4.03. The molecular weight excluding hydrogens is 409 g/mol. The summed E-state index contributed by atoms with van der Waals surface area (Å²) in [6, 6.07) is 2.96. The molecular formula is C16H6ClF3N2O6. The van der Waals surface area contributed by atoms with Crippen molar-refractivity contribution in [3.63, 3.8) is 0 Å². The Labute approximate surface area is 157 Å². The highest BCUT2D eigenvalue weighted by Gasteiger charge is 2.23. The van der Waals surface area contributed by atoms with Crippen LogP contribution in [0.25, 0.3) is 16.6 Å². The first-order valence-corrected chi connectivity index (χ1v) is 7.57. The first-order chi connectivity index (χ1) is 13.1. The van der Waals surface area contributed by atoms with Crippen molar-refractivity contribution in [1.29, 1.82) is 0 Å². The van der Waals surface area contributed by atoms with E-state index < -0.39 is 61.3 Å². The van der Waals surface area contributed by atoms with Gasteiger partial charge >= 0.3 is 11.8 Å². The Kier molecular flexibility index (Phi) is 4.69. The molecule has 12 heteroatoms. The molecule has 0 fully saturated rings. The van der Waals surface area contributed by atoms with E-state index in [1.807, 2.05) is 0 Å². The van der Waals surface area contributed by atoms with E-state index >= 15 is 0 Å². The van der Waals surface area contributed by atoms with Crippen molar-refractivity contribution in [3.05, 3.63) is 73.3 Å². The Balaban J connectivity index is 2.48. The monoisotopic (exact) mass is 414 g/mol. The molecule has 0 saturated heterocycles. The van der Waals surface area contributed by atoms with Gasteiger partial charge in [-0.15, -0.1) is 0 Å². The maximum atomic E-state index is 14.0. The van der Waals surface area contributed by atoms with Crippen LogP contribution in [0.1, 0.15) is 0 Å². The van der Waals surface area contributed by atoms with Crippen molar-refractivity contribution in [2.24, 2.45) is 0 Å². The van der Waals surface area contributed by atoms with Crippen molar-refractivity contribution in [3.8, 4) is 11.4 Å². The van der Waals surface area contributed by atoms with E-state index in [1.165, 1.54) is 0 Å². The van der Waals surface area contributed by atoms with Gasteiger partial charge in [-0.3, -0.25) is 14.9 Å². The number of rotatable bonds is 3. The minimum atomic E-state index is -1.87. The molecule has 1 aromatic heterocycles. The molecule has 0 radical (unpaired) electrons. The summed E-state index contributed by atoms with van der Waals surface area (Å²) >= 11 is 5.81. The zero-order chi connectivity index (χ0) is 20.7. The average molecular weight is 415 g/mol. The molecule has 1 heterocycles. The van der Waals surface area contributed by atoms with Gasteiger partial charge in [0.1, 0.15) is 5.02 Å². The Morgan fingerprint density at radius 1 is 1.21 bits per heavy atom. The molecule has 0 aliphatic heterocycles. The van der Waals surface area contributed by atoms with Gasteiger partial charge in [0.05, 0.1) is 27.7 Å². The van der Waals surface area contributed by atoms with Gasteiger partial charge in [-0.25, -0.2) is 13.6 Å². The fourth-order valence-electron chi connectivity index (χ4n) is 2.53. The lowest BCUT2D eigenvalue weighted by Crippen LogP contribution is -2.17. The number of hydrogen-bond acceptors (Lipinski definition) is 5. The average Bonchev–Trinajstić information content (AvgIpc) is 2.62. The number of pyridine rings is 1. The lowest BCUT2D eigenvalue weighted by molar-refractivity contribution is -0.387. The number of ether oxygens (including phenoxy) is 1. The highest BCUT2D eigenvalue weighted by atomic mass is 35.5. The minimum absolute atomic E-state index is 0.193. The normalized spacial score (nSPS) is 10.9. The third-order valence-corrected chi connectivity index (χ3v) is 4.04. The molecule has 0 unspecified atom stereocenters. The predicted molar refractivity (Wildman–Crippen MR) is 89.7 cm³/mol. The van der Waals surface area contributed by atoms with E-state index in [4.69, 9.17) is 16.7 Å². The largest absolute Gasteiger partial charge is 0.511 e. The van der Waals surface area contributed by atoms with E-state index in [0.29, 0.717) is 6.07 Å². The van der Waals surface area contributed by atoms with Crippen molar-refractivity contribution in [2.45, 2.75) is 0 Å². The Morgan fingerprint density at radius 3 is 2.50 bits per heavy atom.